The Morgan fingerprint density at radius 1 is 0.967 bits per heavy atom. The number of methoxy groups -OCH3 is 1. The van der Waals surface area contributed by atoms with Gasteiger partial charge >= 0.3 is 0 Å². The number of rotatable bonds is 6. The molecular weight excluding hydrogens is 385 g/mol. The van der Waals surface area contributed by atoms with E-state index in [1.165, 1.54) is 12.1 Å². The number of aryl methyl sites for hydroxylation is 2. The lowest BCUT2D eigenvalue weighted by atomic mass is 10.2. The summed E-state index contributed by atoms with van der Waals surface area (Å²) in [6.45, 7) is 3.77. The summed E-state index contributed by atoms with van der Waals surface area (Å²) < 4.78 is 26.3. The summed E-state index contributed by atoms with van der Waals surface area (Å²) >= 11 is 0. The molecule has 0 aliphatic rings. The van der Waals surface area contributed by atoms with Crippen LogP contribution in [-0.4, -0.2) is 26.6 Å². The van der Waals surface area contributed by atoms with Crippen LogP contribution in [0.5, 0.6) is 17.4 Å². The molecule has 4 rings (SSSR count). The summed E-state index contributed by atoms with van der Waals surface area (Å²) in [5.74, 6) is 1.57. The third-order valence-corrected chi connectivity index (χ3v) is 4.29. The molecule has 0 spiro atoms. The van der Waals surface area contributed by atoms with Crippen molar-refractivity contribution < 1.29 is 13.9 Å². The Hall–Kier alpha value is -3.94. The first-order chi connectivity index (χ1) is 14.5. The van der Waals surface area contributed by atoms with Gasteiger partial charge in [-0.05, 0) is 50.2 Å². The van der Waals surface area contributed by atoms with Crippen LogP contribution in [0.15, 0.2) is 61.1 Å². The predicted octanol–water partition coefficient (Wildman–Crippen LogP) is 4.96. The maximum absolute atomic E-state index is 13.1. The molecule has 8 heteroatoms. The smallest absolute Gasteiger partial charge is 0.230 e. The SMILES string of the molecule is COc1cc(Nc2nc(C)cc(Oc3ccc(F)cc3)n2)ccc1-n1cnc(C)c1. The van der Waals surface area contributed by atoms with E-state index in [0.29, 0.717) is 23.3 Å². The van der Waals surface area contributed by atoms with Gasteiger partial charge in [0.1, 0.15) is 17.3 Å². The summed E-state index contributed by atoms with van der Waals surface area (Å²) in [6.07, 6.45) is 3.66. The molecular formula is C22H20FN5O2. The van der Waals surface area contributed by atoms with Crippen LogP contribution < -0.4 is 14.8 Å². The molecule has 30 heavy (non-hydrogen) atoms. The van der Waals surface area contributed by atoms with Crippen molar-refractivity contribution in [3.63, 3.8) is 0 Å². The second-order valence-electron chi connectivity index (χ2n) is 6.66. The largest absolute Gasteiger partial charge is 0.494 e. The highest BCUT2D eigenvalue weighted by molar-refractivity contribution is 5.62. The van der Waals surface area contributed by atoms with E-state index in [9.17, 15) is 4.39 Å². The van der Waals surface area contributed by atoms with Crippen LogP contribution in [0.3, 0.4) is 0 Å². The number of hydrogen-bond acceptors (Lipinski definition) is 6. The van der Waals surface area contributed by atoms with Crippen molar-refractivity contribution in [1.29, 1.82) is 0 Å². The van der Waals surface area contributed by atoms with Crippen LogP contribution >= 0.6 is 0 Å². The number of halogens is 1. The van der Waals surface area contributed by atoms with Gasteiger partial charge in [0.2, 0.25) is 11.8 Å². The Labute approximate surface area is 173 Å². The van der Waals surface area contributed by atoms with Crippen LogP contribution in [0.2, 0.25) is 0 Å². The van der Waals surface area contributed by atoms with Gasteiger partial charge in [-0.3, -0.25) is 0 Å². The molecule has 0 fully saturated rings. The summed E-state index contributed by atoms with van der Waals surface area (Å²) in [7, 11) is 1.62. The van der Waals surface area contributed by atoms with E-state index >= 15 is 0 Å². The van der Waals surface area contributed by atoms with E-state index in [0.717, 1.165) is 22.8 Å². The van der Waals surface area contributed by atoms with Crippen LogP contribution in [0.1, 0.15) is 11.4 Å². The molecule has 0 aliphatic heterocycles. The second kappa shape index (κ2) is 8.20. The van der Waals surface area contributed by atoms with Crippen LogP contribution in [0, 0.1) is 19.7 Å². The maximum Gasteiger partial charge on any atom is 0.230 e. The molecule has 0 bridgehead atoms. The molecule has 0 amide bonds. The number of anilines is 2. The van der Waals surface area contributed by atoms with Gasteiger partial charge < -0.3 is 19.4 Å². The van der Waals surface area contributed by atoms with Gasteiger partial charge in [0.25, 0.3) is 0 Å². The van der Waals surface area contributed by atoms with E-state index in [-0.39, 0.29) is 5.82 Å². The van der Waals surface area contributed by atoms with E-state index in [4.69, 9.17) is 9.47 Å². The van der Waals surface area contributed by atoms with Gasteiger partial charge in [-0.25, -0.2) is 14.4 Å². The molecule has 2 aromatic heterocycles. The highest BCUT2D eigenvalue weighted by Crippen LogP contribution is 2.29. The Balaban J connectivity index is 1.57. The third-order valence-electron chi connectivity index (χ3n) is 4.29. The minimum absolute atomic E-state index is 0.327. The number of aromatic nitrogens is 4. The van der Waals surface area contributed by atoms with Gasteiger partial charge in [-0.15, -0.1) is 0 Å². The van der Waals surface area contributed by atoms with Crippen LogP contribution in [-0.2, 0) is 0 Å². The molecule has 7 nitrogen and oxygen atoms in total. The summed E-state index contributed by atoms with van der Waals surface area (Å²) in [6, 6.07) is 13.1. The summed E-state index contributed by atoms with van der Waals surface area (Å²) in [5.41, 5.74) is 3.27. The fourth-order valence-electron chi connectivity index (χ4n) is 2.92. The van der Waals surface area contributed by atoms with Crippen molar-refractivity contribution in [2.75, 3.05) is 12.4 Å². The van der Waals surface area contributed by atoms with Crippen molar-refractivity contribution >= 4 is 11.6 Å². The zero-order valence-electron chi connectivity index (χ0n) is 16.8. The molecule has 152 valence electrons. The highest BCUT2D eigenvalue weighted by atomic mass is 19.1. The molecule has 4 aromatic rings. The molecule has 0 unspecified atom stereocenters. The van der Waals surface area contributed by atoms with Crippen molar-refractivity contribution in [1.82, 2.24) is 19.5 Å². The quantitative estimate of drug-likeness (QED) is 0.489. The lowest BCUT2D eigenvalue weighted by Crippen LogP contribution is -2.02. The van der Waals surface area contributed by atoms with Gasteiger partial charge in [0, 0.05) is 29.7 Å². The average Bonchev–Trinajstić information content (AvgIpc) is 3.15. The molecule has 2 heterocycles. The lowest BCUT2D eigenvalue weighted by Gasteiger charge is -2.13. The first kappa shape index (κ1) is 19.4. The number of imidazole rings is 1. The van der Waals surface area contributed by atoms with Crippen LogP contribution in [0.4, 0.5) is 16.0 Å². The molecule has 1 N–H and O–H groups in total. The number of nitrogens with one attached hydrogen (secondary N) is 1. The Bertz CT molecular complexity index is 1170. The zero-order valence-corrected chi connectivity index (χ0v) is 16.8. The first-order valence-corrected chi connectivity index (χ1v) is 9.25. The monoisotopic (exact) mass is 405 g/mol. The number of nitrogens with zero attached hydrogens (tertiary/aromatic N) is 4. The Morgan fingerprint density at radius 2 is 1.77 bits per heavy atom. The fourth-order valence-corrected chi connectivity index (χ4v) is 2.92. The lowest BCUT2D eigenvalue weighted by molar-refractivity contribution is 0.413. The molecule has 0 atom stereocenters. The van der Waals surface area contributed by atoms with Crippen molar-refractivity contribution in [3.8, 4) is 23.1 Å². The zero-order chi connectivity index (χ0) is 21.1. The van der Waals surface area contributed by atoms with Crippen molar-refractivity contribution in [3.05, 3.63) is 78.3 Å². The fraction of sp³-hybridized carbons (Fsp3) is 0.136. The van der Waals surface area contributed by atoms with E-state index in [1.807, 2.05) is 42.8 Å². The predicted molar refractivity (Wildman–Crippen MR) is 111 cm³/mol. The number of hydrogen-bond donors (Lipinski definition) is 1. The van der Waals surface area contributed by atoms with E-state index in [2.05, 4.69) is 20.3 Å². The van der Waals surface area contributed by atoms with Gasteiger partial charge in [0.15, 0.2) is 0 Å². The second-order valence-corrected chi connectivity index (χ2v) is 6.66. The molecule has 0 saturated carbocycles. The normalized spacial score (nSPS) is 10.7. The Kier molecular flexibility index (Phi) is 5.30. The van der Waals surface area contributed by atoms with Crippen molar-refractivity contribution in [2.45, 2.75) is 13.8 Å². The van der Waals surface area contributed by atoms with Gasteiger partial charge in [-0.2, -0.15) is 4.98 Å². The standard InChI is InChI=1S/C22H20FN5O2/c1-14-10-21(30-18-7-4-16(23)5-8-18)27-22(25-14)26-17-6-9-19(20(11-17)29-3)28-12-15(2)24-13-28/h4-13H,1-3H3,(H,25,26,27). The molecule has 0 saturated heterocycles. The third kappa shape index (κ3) is 4.38. The topological polar surface area (TPSA) is 74.1 Å². The summed E-state index contributed by atoms with van der Waals surface area (Å²) in [5, 5.41) is 3.17. The summed E-state index contributed by atoms with van der Waals surface area (Å²) in [4.78, 5) is 13.1. The molecule has 0 aliphatic carbocycles. The minimum Gasteiger partial charge on any atom is -0.494 e. The first-order valence-electron chi connectivity index (χ1n) is 9.25. The van der Waals surface area contributed by atoms with E-state index in [1.54, 1.807) is 31.6 Å². The maximum atomic E-state index is 13.1. The van der Waals surface area contributed by atoms with Gasteiger partial charge in [-0.1, -0.05) is 0 Å². The highest BCUT2D eigenvalue weighted by Gasteiger charge is 2.10. The van der Waals surface area contributed by atoms with Crippen molar-refractivity contribution in [2.24, 2.45) is 0 Å². The minimum atomic E-state index is -0.327. The number of ether oxygens (including phenoxy) is 2. The number of benzene rings is 2. The van der Waals surface area contributed by atoms with Crippen LogP contribution in [0.25, 0.3) is 5.69 Å². The Morgan fingerprint density at radius 3 is 2.47 bits per heavy atom. The van der Waals surface area contributed by atoms with Gasteiger partial charge in [0.05, 0.1) is 24.8 Å². The molecule has 0 radical (unpaired) electrons. The molecule has 2 aromatic carbocycles. The average molecular weight is 405 g/mol. The van der Waals surface area contributed by atoms with E-state index < -0.39 is 0 Å².